The van der Waals surface area contributed by atoms with Gasteiger partial charge >= 0.3 is 5.97 Å². The van der Waals surface area contributed by atoms with Crippen LogP contribution in [0.4, 0.5) is 0 Å². The molecule has 0 amide bonds. The summed E-state index contributed by atoms with van der Waals surface area (Å²) in [6.45, 7) is 5.23. The van der Waals surface area contributed by atoms with E-state index in [1.807, 2.05) is 48.5 Å². The van der Waals surface area contributed by atoms with Crippen LogP contribution in [0, 0.1) is 0 Å². The van der Waals surface area contributed by atoms with Crippen molar-refractivity contribution in [3.8, 4) is 11.5 Å². The van der Waals surface area contributed by atoms with Crippen LogP contribution in [0.3, 0.4) is 0 Å². The fourth-order valence-corrected chi connectivity index (χ4v) is 1.64. The highest BCUT2D eigenvalue weighted by Crippen LogP contribution is 2.15. The van der Waals surface area contributed by atoms with Crippen LogP contribution < -0.4 is 9.47 Å². The van der Waals surface area contributed by atoms with Gasteiger partial charge in [0.15, 0.2) is 6.61 Å². The van der Waals surface area contributed by atoms with E-state index in [0.29, 0.717) is 17.1 Å². The summed E-state index contributed by atoms with van der Waals surface area (Å²) in [6.07, 6.45) is -0.855. The van der Waals surface area contributed by atoms with Crippen LogP contribution in [-0.4, -0.2) is 18.9 Å². The van der Waals surface area contributed by atoms with Gasteiger partial charge in [-0.05, 0) is 31.2 Å². The number of hydrogen-bond donors (Lipinski definition) is 0. The van der Waals surface area contributed by atoms with Crippen molar-refractivity contribution >= 4 is 5.97 Å². The molecule has 22 heavy (non-hydrogen) atoms. The highest BCUT2D eigenvalue weighted by Gasteiger charge is 2.17. The summed E-state index contributed by atoms with van der Waals surface area (Å²) in [7, 11) is 0. The molecule has 0 aromatic heterocycles. The first-order valence-corrected chi connectivity index (χ1v) is 6.91. The number of carbonyl (C=O) groups excluding carboxylic acids is 1. The van der Waals surface area contributed by atoms with Gasteiger partial charge in [0.1, 0.15) is 11.5 Å². The first-order chi connectivity index (χ1) is 10.6. The Morgan fingerprint density at radius 3 is 2.09 bits per heavy atom. The van der Waals surface area contributed by atoms with Crippen LogP contribution in [-0.2, 0) is 9.53 Å². The van der Waals surface area contributed by atoms with Gasteiger partial charge in [0.05, 0.1) is 0 Å². The number of esters is 1. The predicted molar refractivity (Wildman–Crippen MR) is 83.7 cm³/mol. The summed E-state index contributed by atoms with van der Waals surface area (Å²) < 4.78 is 16.5. The Hall–Kier alpha value is -2.75. The third-order valence-corrected chi connectivity index (χ3v) is 2.73. The van der Waals surface area contributed by atoms with Gasteiger partial charge in [0.2, 0.25) is 0 Å². The molecule has 2 rings (SSSR count). The van der Waals surface area contributed by atoms with Crippen molar-refractivity contribution in [1.82, 2.24) is 0 Å². The highest BCUT2D eigenvalue weighted by molar-refractivity contribution is 5.87. The van der Waals surface area contributed by atoms with Crippen LogP contribution in [0.1, 0.15) is 6.92 Å². The number of rotatable bonds is 7. The second kappa shape index (κ2) is 7.88. The zero-order valence-corrected chi connectivity index (χ0v) is 12.4. The van der Waals surface area contributed by atoms with Gasteiger partial charge in [-0.3, -0.25) is 0 Å². The Labute approximate surface area is 129 Å². The van der Waals surface area contributed by atoms with E-state index in [9.17, 15) is 4.79 Å². The number of benzene rings is 2. The molecule has 4 nitrogen and oxygen atoms in total. The van der Waals surface area contributed by atoms with Crippen molar-refractivity contribution in [1.29, 1.82) is 0 Å². The first-order valence-electron chi connectivity index (χ1n) is 6.91. The predicted octanol–water partition coefficient (Wildman–Crippen LogP) is 3.59. The van der Waals surface area contributed by atoms with Gasteiger partial charge in [-0.25, -0.2) is 4.79 Å². The van der Waals surface area contributed by atoms with Crippen LogP contribution in [0.5, 0.6) is 11.5 Å². The Morgan fingerprint density at radius 2 is 1.55 bits per heavy atom. The quantitative estimate of drug-likeness (QED) is 0.445. The molecule has 114 valence electrons. The second-order valence-electron chi connectivity index (χ2n) is 4.67. The molecule has 0 aliphatic carbocycles. The lowest BCUT2D eigenvalue weighted by Crippen LogP contribution is -2.31. The summed E-state index contributed by atoms with van der Waals surface area (Å²) in [6, 6.07) is 18.4. The lowest BCUT2D eigenvalue weighted by molar-refractivity contribution is -0.162. The highest BCUT2D eigenvalue weighted by atomic mass is 16.7. The minimum absolute atomic E-state index is 0.0813. The van der Waals surface area contributed by atoms with Crippen LogP contribution in [0.25, 0.3) is 0 Å². The third kappa shape index (κ3) is 4.98. The summed E-state index contributed by atoms with van der Waals surface area (Å²) in [4.78, 5) is 11.7. The van der Waals surface area contributed by atoms with Crippen molar-refractivity contribution in [3.63, 3.8) is 0 Å². The molecular weight excluding hydrogens is 280 g/mol. The summed E-state index contributed by atoms with van der Waals surface area (Å²) in [5.41, 5.74) is 0.307. The Morgan fingerprint density at radius 1 is 1.00 bits per heavy atom. The maximum atomic E-state index is 11.7. The fourth-order valence-electron chi connectivity index (χ4n) is 1.64. The molecule has 2 aromatic rings. The van der Waals surface area contributed by atoms with Crippen molar-refractivity contribution < 1.29 is 19.0 Å². The lowest BCUT2D eigenvalue weighted by atomic mass is 10.3. The second-order valence-corrected chi connectivity index (χ2v) is 4.67. The molecule has 0 fully saturated rings. The molecule has 0 saturated carbocycles. The van der Waals surface area contributed by atoms with E-state index in [1.54, 1.807) is 19.1 Å². The van der Waals surface area contributed by atoms with Gasteiger partial charge in [-0.2, -0.15) is 0 Å². The minimum atomic E-state index is -0.855. The molecular formula is C18H18O4. The topological polar surface area (TPSA) is 44.8 Å². The van der Waals surface area contributed by atoms with Crippen molar-refractivity contribution in [2.45, 2.75) is 13.2 Å². The van der Waals surface area contributed by atoms with E-state index in [1.165, 1.54) is 0 Å². The fraction of sp³-hybridized carbons (Fsp3) is 0.167. The number of para-hydroxylation sites is 2. The molecule has 0 bridgehead atoms. The van der Waals surface area contributed by atoms with E-state index < -0.39 is 12.3 Å². The lowest BCUT2D eigenvalue weighted by Gasteiger charge is -2.20. The molecule has 0 N–H and O–H groups in total. The van der Waals surface area contributed by atoms with Crippen molar-refractivity contribution in [3.05, 3.63) is 72.8 Å². The van der Waals surface area contributed by atoms with Gasteiger partial charge in [-0.15, -0.1) is 0 Å². The molecule has 0 aliphatic heterocycles. The standard InChI is InChI=1S/C18H18O4/c1-14(2)18(19)22-17(21-16-11-7-4-8-12-16)13-20-15-9-5-3-6-10-15/h3-12,17H,1,13H2,2H3. The number of carbonyl (C=O) groups is 1. The zero-order chi connectivity index (χ0) is 15.8. The molecule has 0 spiro atoms. The third-order valence-electron chi connectivity index (χ3n) is 2.73. The van der Waals surface area contributed by atoms with Gasteiger partial charge in [0, 0.05) is 5.57 Å². The monoisotopic (exact) mass is 298 g/mol. The molecule has 4 heteroatoms. The van der Waals surface area contributed by atoms with E-state index >= 15 is 0 Å². The van der Waals surface area contributed by atoms with Crippen LogP contribution in [0.15, 0.2) is 72.8 Å². The maximum Gasteiger partial charge on any atom is 0.336 e. The molecule has 1 atom stereocenters. The van der Waals surface area contributed by atoms with Gasteiger partial charge in [0.25, 0.3) is 6.29 Å². The Kier molecular flexibility index (Phi) is 5.60. The minimum Gasteiger partial charge on any atom is -0.486 e. The molecule has 0 radical (unpaired) electrons. The average molecular weight is 298 g/mol. The van der Waals surface area contributed by atoms with Crippen molar-refractivity contribution in [2.24, 2.45) is 0 Å². The normalized spacial score (nSPS) is 11.3. The smallest absolute Gasteiger partial charge is 0.336 e. The van der Waals surface area contributed by atoms with E-state index in [2.05, 4.69) is 6.58 Å². The summed E-state index contributed by atoms with van der Waals surface area (Å²) in [5.74, 6) is 0.756. The molecule has 0 heterocycles. The Balaban J connectivity index is 2.00. The molecule has 0 saturated heterocycles. The SMILES string of the molecule is C=C(C)C(=O)OC(COc1ccccc1)Oc1ccccc1. The maximum absolute atomic E-state index is 11.7. The van der Waals surface area contributed by atoms with Crippen molar-refractivity contribution in [2.75, 3.05) is 6.61 Å². The van der Waals surface area contributed by atoms with Crippen LogP contribution >= 0.6 is 0 Å². The van der Waals surface area contributed by atoms with E-state index in [-0.39, 0.29) is 6.61 Å². The summed E-state index contributed by atoms with van der Waals surface area (Å²) in [5, 5.41) is 0. The Bertz CT molecular complexity index is 607. The van der Waals surface area contributed by atoms with Gasteiger partial charge < -0.3 is 14.2 Å². The number of hydrogen-bond acceptors (Lipinski definition) is 4. The molecule has 1 unspecified atom stereocenters. The first kappa shape index (κ1) is 15.6. The van der Waals surface area contributed by atoms with E-state index in [4.69, 9.17) is 14.2 Å². The average Bonchev–Trinajstić information content (AvgIpc) is 2.54. The summed E-state index contributed by atoms with van der Waals surface area (Å²) >= 11 is 0. The molecule has 2 aromatic carbocycles. The van der Waals surface area contributed by atoms with E-state index in [0.717, 1.165) is 0 Å². The largest absolute Gasteiger partial charge is 0.486 e. The number of ether oxygens (including phenoxy) is 3. The zero-order valence-electron chi connectivity index (χ0n) is 12.4. The molecule has 0 aliphatic rings. The van der Waals surface area contributed by atoms with Crippen LogP contribution in [0.2, 0.25) is 0 Å². The van der Waals surface area contributed by atoms with Gasteiger partial charge in [-0.1, -0.05) is 43.0 Å².